The third kappa shape index (κ3) is 3.80. The summed E-state index contributed by atoms with van der Waals surface area (Å²) in [6.07, 6.45) is 3.56. The number of nitrogens with two attached hydrogens (primary N) is 1. The minimum absolute atomic E-state index is 0.486. The molecular weight excluding hydrogens is 298 g/mol. The van der Waals surface area contributed by atoms with Crippen molar-refractivity contribution < 1.29 is 0 Å². The summed E-state index contributed by atoms with van der Waals surface area (Å²) in [5, 5.41) is 0. The van der Waals surface area contributed by atoms with Crippen molar-refractivity contribution in [3.8, 4) is 0 Å². The average molecular weight is 310 g/mol. The molecule has 0 radical (unpaired) electrons. The molecule has 0 amide bonds. The van der Waals surface area contributed by atoms with Crippen molar-refractivity contribution in [3.05, 3.63) is 52.5 Å². The smallest absolute Gasteiger partial charge is 0.138 e. The first-order valence-corrected chi connectivity index (χ1v) is 6.94. The molecule has 0 fully saturated rings. The van der Waals surface area contributed by atoms with Crippen LogP contribution >= 0.6 is 27.7 Å². The molecule has 1 heterocycles. The van der Waals surface area contributed by atoms with Crippen LogP contribution in [0.15, 0.2) is 46.0 Å². The van der Waals surface area contributed by atoms with Crippen molar-refractivity contribution >= 4 is 27.7 Å². The van der Waals surface area contributed by atoms with Crippen molar-refractivity contribution in [3.63, 3.8) is 0 Å². The van der Waals surface area contributed by atoms with Gasteiger partial charge in [0.2, 0.25) is 0 Å². The van der Waals surface area contributed by atoms with Crippen molar-refractivity contribution in [2.24, 2.45) is 5.73 Å². The third-order valence-electron chi connectivity index (χ3n) is 2.18. The van der Waals surface area contributed by atoms with Crippen LogP contribution in [0.25, 0.3) is 0 Å². The maximum Gasteiger partial charge on any atom is 0.138 e. The summed E-state index contributed by atoms with van der Waals surface area (Å²) in [4.78, 5) is 9.73. The second-order valence-electron chi connectivity index (χ2n) is 3.45. The first-order chi connectivity index (χ1) is 8.28. The van der Waals surface area contributed by atoms with Crippen molar-refractivity contribution in [1.82, 2.24) is 9.97 Å². The molecule has 1 aromatic heterocycles. The van der Waals surface area contributed by atoms with Crippen molar-refractivity contribution in [1.29, 1.82) is 0 Å². The number of hydrogen-bond donors (Lipinski definition) is 1. The molecule has 0 saturated carbocycles. The monoisotopic (exact) mass is 309 g/mol. The van der Waals surface area contributed by atoms with Gasteiger partial charge in [-0.25, -0.2) is 9.97 Å². The summed E-state index contributed by atoms with van der Waals surface area (Å²) in [7, 11) is 0. The maximum atomic E-state index is 5.49. The van der Waals surface area contributed by atoms with Gasteiger partial charge in [-0.3, -0.25) is 0 Å². The maximum absolute atomic E-state index is 5.49. The molecule has 17 heavy (non-hydrogen) atoms. The molecule has 2 rings (SSSR count). The molecule has 1 aromatic carbocycles. The van der Waals surface area contributed by atoms with E-state index in [-0.39, 0.29) is 0 Å². The number of thioether (sulfide) groups is 1. The standard InChI is InChI=1S/C12H12BrN3S/c13-10-1-3-11(4-2-10)17-8-12-15-6-9(5-14)7-16-12/h1-4,6-7H,5,8,14H2. The Morgan fingerprint density at radius 3 is 2.35 bits per heavy atom. The fraction of sp³-hybridized carbons (Fsp3) is 0.167. The van der Waals surface area contributed by atoms with Gasteiger partial charge in [-0.1, -0.05) is 15.9 Å². The van der Waals surface area contributed by atoms with Gasteiger partial charge in [0.1, 0.15) is 5.82 Å². The molecule has 2 aromatic rings. The van der Waals surface area contributed by atoms with Gasteiger partial charge in [-0.15, -0.1) is 11.8 Å². The van der Waals surface area contributed by atoms with Crippen LogP contribution in [0.1, 0.15) is 11.4 Å². The van der Waals surface area contributed by atoms with Gasteiger partial charge in [0.15, 0.2) is 0 Å². The Morgan fingerprint density at radius 1 is 1.12 bits per heavy atom. The number of rotatable bonds is 4. The van der Waals surface area contributed by atoms with Crippen LogP contribution in [0, 0.1) is 0 Å². The summed E-state index contributed by atoms with van der Waals surface area (Å²) in [5.41, 5.74) is 6.45. The zero-order valence-electron chi connectivity index (χ0n) is 9.14. The first kappa shape index (κ1) is 12.5. The molecule has 0 aliphatic heterocycles. The van der Waals surface area contributed by atoms with E-state index < -0.39 is 0 Å². The Kier molecular flexibility index (Phi) is 4.53. The molecule has 88 valence electrons. The molecule has 0 saturated heterocycles. The minimum Gasteiger partial charge on any atom is -0.326 e. The van der Waals surface area contributed by atoms with Crippen LogP contribution in [0.3, 0.4) is 0 Å². The SMILES string of the molecule is NCc1cnc(CSc2ccc(Br)cc2)nc1. The predicted molar refractivity (Wildman–Crippen MR) is 73.6 cm³/mol. The second kappa shape index (κ2) is 6.14. The van der Waals surface area contributed by atoms with Crippen LogP contribution in [-0.4, -0.2) is 9.97 Å². The quantitative estimate of drug-likeness (QED) is 0.882. The van der Waals surface area contributed by atoms with E-state index in [1.807, 2.05) is 12.1 Å². The summed E-state index contributed by atoms with van der Waals surface area (Å²) in [5.74, 6) is 1.60. The van der Waals surface area contributed by atoms with E-state index >= 15 is 0 Å². The predicted octanol–water partition coefficient (Wildman–Crippen LogP) is 2.99. The number of hydrogen-bond acceptors (Lipinski definition) is 4. The minimum atomic E-state index is 0.486. The second-order valence-corrected chi connectivity index (χ2v) is 5.42. The van der Waals surface area contributed by atoms with E-state index in [1.54, 1.807) is 24.2 Å². The van der Waals surface area contributed by atoms with Crippen molar-refractivity contribution in [2.75, 3.05) is 0 Å². The van der Waals surface area contributed by atoms with Crippen LogP contribution in [0.5, 0.6) is 0 Å². The van der Waals surface area contributed by atoms with Gasteiger partial charge in [-0.05, 0) is 24.3 Å². The number of nitrogens with zero attached hydrogens (tertiary/aromatic N) is 2. The van der Waals surface area contributed by atoms with Gasteiger partial charge >= 0.3 is 0 Å². The highest BCUT2D eigenvalue weighted by Crippen LogP contribution is 2.22. The Morgan fingerprint density at radius 2 is 1.76 bits per heavy atom. The van der Waals surface area contributed by atoms with Crippen LogP contribution in [0.2, 0.25) is 0 Å². The van der Waals surface area contributed by atoms with Crippen molar-refractivity contribution in [2.45, 2.75) is 17.2 Å². The lowest BCUT2D eigenvalue weighted by Gasteiger charge is -2.02. The van der Waals surface area contributed by atoms with E-state index in [2.05, 4.69) is 38.0 Å². The molecule has 0 aliphatic carbocycles. The van der Waals surface area contributed by atoms with E-state index in [4.69, 9.17) is 5.73 Å². The van der Waals surface area contributed by atoms with Gasteiger partial charge in [-0.2, -0.15) is 0 Å². The average Bonchev–Trinajstić information content (AvgIpc) is 2.39. The van der Waals surface area contributed by atoms with E-state index in [0.717, 1.165) is 21.6 Å². The van der Waals surface area contributed by atoms with E-state index in [9.17, 15) is 0 Å². The largest absolute Gasteiger partial charge is 0.326 e. The number of benzene rings is 1. The molecule has 3 nitrogen and oxygen atoms in total. The zero-order valence-corrected chi connectivity index (χ0v) is 11.5. The molecule has 0 spiro atoms. The fourth-order valence-electron chi connectivity index (χ4n) is 1.24. The van der Waals surface area contributed by atoms with Crippen LogP contribution in [-0.2, 0) is 12.3 Å². The summed E-state index contributed by atoms with van der Waals surface area (Å²) in [6, 6.07) is 8.20. The lowest BCUT2D eigenvalue weighted by atomic mass is 10.3. The molecule has 0 bridgehead atoms. The lowest BCUT2D eigenvalue weighted by molar-refractivity contribution is 0.960. The van der Waals surface area contributed by atoms with Gasteiger partial charge < -0.3 is 5.73 Å². The van der Waals surface area contributed by atoms with Gasteiger partial charge in [0.25, 0.3) is 0 Å². The molecule has 0 atom stereocenters. The lowest BCUT2D eigenvalue weighted by Crippen LogP contribution is -2.00. The Labute approximate surface area is 113 Å². The topological polar surface area (TPSA) is 51.8 Å². The zero-order chi connectivity index (χ0) is 12.1. The molecular formula is C12H12BrN3S. The van der Waals surface area contributed by atoms with Crippen LogP contribution in [0.4, 0.5) is 0 Å². The van der Waals surface area contributed by atoms with E-state index in [1.165, 1.54) is 4.90 Å². The summed E-state index contributed by atoms with van der Waals surface area (Å²) >= 11 is 5.13. The van der Waals surface area contributed by atoms with Crippen LogP contribution < -0.4 is 5.73 Å². The first-order valence-electron chi connectivity index (χ1n) is 5.16. The van der Waals surface area contributed by atoms with Gasteiger partial charge in [0, 0.05) is 33.9 Å². The Hall–Kier alpha value is -0.910. The highest BCUT2D eigenvalue weighted by molar-refractivity contribution is 9.10. The molecule has 0 unspecified atom stereocenters. The fourth-order valence-corrected chi connectivity index (χ4v) is 2.28. The Bertz CT molecular complexity index is 470. The molecule has 0 aliphatic rings. The number of halogens is 1. The van der Waals surface area contributed by atoms with E-state index in [0.29, 0.717) is 6.54 Å². The molecule has 5 heteroatoms. The van der Waals surface area contributed by atoms with Gasteiger partial charge in [0.05, 0.1) is 5.75 Å². The third-order valence-corrected chi connectivity index (χ3v) is 3.71. The summed E-state index contributed by atoms with van der Waals surface area (Å²) < 4.78 is 1.09. The normalized spacial score (nSPS) is 10.5. The number of aromatic nitrogens is 2. The molecule has 2 N–H and O–H groups in total. The Balaban J connectivity index is 1.95. The highest BCUT2D eigenvalue weighted by Gasteiger charge is 1.99. The highest BCUT2D eigenvalue weighted by atomic mass is 79.9. The summed E-state index contributed by atoms with van der Waals surface area (Å²) in [6.45, 7) is 0.486.